The van der Waals surface area contributed by atoms with Crippen LogP contribution in [0.2, 0.25) is 0 Å². The Morgan fingerprint density at radius 3 is 2.58 bits per heavy atom. The molecule has 0 fully saturated rings. The van der Waals surface area contributed by atoms with Gasteiger partial charge < -0.3 is 14.8 Å². The standard InChI is InChI=1S/C15H18N4O4S/c1-22-14(21)3-2-8-17-15(24)19-18-13(20)10-23-12-6-4-11(9-16)5-7-12/h4-7H,2-3,8,10H2,1H3,(H,18,20)(H2,17,19,24). The van der Waals surface area contributed by atoms with Gasteiger partial charge in [-0.3, -0.25) is 20.4 Å². The van der Waals surface area contributed by atoms with E-state index in [0.29, 0.717) is 24.3 Å². The Kier molecular flexibility index (Phi) is 8.63. The summed E-state index contributed by atoms with van der Waals surface area (Å²) in [7, 11) is 1.33. The first-order valence-electron chi connectivity index (χ1n) is 7.07. The lowest BCUT2D eigenvalue weighted by Gasteiger charge is -2.11. The first-order valence-corrected chi connectivity index (χ1v) is 7.48. The van der Waals surface area contributed by atoms with Gasteiger partial charge in [0, 0.05) is 13.0 Å². The van der Waals surface area contributed by atoms with Crippen molar-refractivity contribution in [2.75, 3.05) is 20.3 Å². The molecule has 0 heterocycles. The molecule has 1 rings (SSSR count). The van der Waals surface area contributed by atoms with E-state index in [2.05, 4.69) is 20.9 Å². The third-order valence-corrected chi connectivity index (χ3v) is 2.99. The number of nitriles is 1. The third-order valence-electron chi connectivity index (χ3n) is 2.74. The summed E-state index contributed by atoms with van der Waals surface area (Å²) in [4.78, 5) is 22.5. The van der Waals surface area contributed by atoms with E-state index >= 15 is 0 Å². The van der Waals surface area contributed by atoms with Crippen molar-refractivity contribution in [2.45, 2.75) is 12.8 Å². The van der Waals surface area contributed by atoms with Gasteiger partial charge in [-0.2, -0.15) is 5.26 Å². The van der Waals surface area contributed by atoms with Gasteiger partial charge in [-0.15, -0.1) is 0 Å². The molecule has 0 atom stereocenters. The lowest BCUT2D eigenvalue weighted by Crippen LogP contribution is -2.48. The number of nitrogens with zero attached hydrogens (tertiary/aromatic N) is 1. The van der Waals surface area contributed by atoms with Crippen LogP contribution in [0.25, 0.3) is 0 Å². The van der Waals surface area contributed by atoms with Crippen molar-refractivity contribution in [1.82, 2.24) is 16.2 Å². The van der Waals surface area contributed by atoms with Crippen LogP contribution in [0.4, 0.5) is 0 Å². The molecule has 3 N–H and O–H groups in total. The SMILES string of the molecule is COC(=O)CCCNC(=S)NNC(=O)COc1ccc(C#N)cc1. The number of hydrogen-bond donors (Lipinski definition) is 3. The minimum atomic E-state index is -0.418. The molecule has 0 radical (unpaired) electrons. The molecule has 1 aromatic rings. The molecule has 0 aliphatic heterocycles. The highest BCUT2D eigenvalue weighted by Crippen LogP contribution is 2.10. The fourth-order valence-corrected chi connectivity index (χ4v) is 1.67. The molecule has 1 aromatic carbocycles. The monoisotopic (exact) mass is 350 g/mol. The molecule has 0 unspecified atom stereocenters. The molecule has 9 heteroatoms. The normalized spacial score (nSPS) is 9.33. The van der Waals surface area contributed by atoms with E-state index in [4.69, 9.17) is 22.2 Å². The molecule has 0 aromatic heterocycles. The van der Waals surface area contributed by atoms with Crippen molar-refractivity contribution >= 4 is 29.2 Å². The zero-order chi connectivity index (χ0) is 17.8. The third kappa shape index (κ3) is 7.95. The van der Waals surface area contributed by atoms with E-state index in [0.717, 1.165) is 0 Å². The molecule has 1 amide bonds. The highest BCUT2D eigenvalue weighted by molar-refractivity contribution is 7.80. The van der Waals surface area contributed by atoms with Gasteiger partial charge in [-0.25, -0.2) is 0 Å². The first-order chi connectivity index (χ1) is 11.5. The first kappa shape index (κ1) is 19.2. The van der Waals surface area contributed by atoms with Crippen molar-refractivity contribution < 1.29 is 19.1 Å². The summed E-state index contributed by atoms with van der Waals surface area (Å²) >= 11 is 4.96. The number of amides is 1. The van der Waals surface area contributed by atoms with Crippen LogP contribution in [0.3, 0.4) is 0 Å². The quantitative estimate of drug-likeness (QED) is 0.280. The van der Waals surface area contributed by atoms with Crippen molar-refractivity contribution in [3.05, 3.63) is 29.8 Å². The summed E-state index contributed by atoms with van der Waals surface area (Å²) in [6.07, 6.45) is 0.848. The summed E-state index contributed by atoms with van der Waals surface area (Å²) in [6, 6.07) is 8.39. The van der Waals surface area contributed by atoms with Gasteiger partial charge in [0.1, 0.15) is 5.75 Å². The van der Waals surface area contributed by atoms with E-state index in [1.807, 2.05) is 6.07 Å². The molecule has 0 aliphatic rings. The maximum absolute atomic E-state index is 11.6. The number of thiocarbonyl (C=S) groups is 1. The van der Waals surface area contributed by atoms with E-state index < -0.39 is 5.91 Å². The van der Waals surface area contributed by atoms with Crippen molar-refractivity contribution in [3.8, 4) is 11.8 Å². The lowest BCUT2D eigenvalue weighted by atomic mass is 10.2. The topological polar surface area (TPSA) is 112 Å². The van der Waals surface area contributed by atoms with Crippen LogP contribution >= 0.6 is 12.2 Å². The molecular weight excluding hydrogens is 332 g/mol. The smallest absolute Gasteiger partial charge is 0.305 e. The van der Waals surface area contributed by atoms with E-state index in [-0.39, 0.29) is 24.1 Å². The van der Waals surface area contributed by atoms with Crippen LogP contribution in [0.1, 0.15) is 18.4 Å². The summed E-state index contributed by atoms with van der Waals surface area (Å²) in [6.45, 7) is 0.266. The highest BCUT2D eigenvalue weighted by atomic mass is 32.1. The number of benzene rings is 1. The Bertz CT molecular complexity index is 613. The summed E-state index contributed by atoms with van der Waals surface area (Å²) in [5.74, 6) is -0.227. The van der Waals surface area contributed by atoms with Gasteiger partial charge in [0.15, 0.2) is 11.7 Å². The number of rotatable bonds is 7. The van der Waals surface area contributed by atoms with Crippen LogP contribution in [-0.2, 0) is 14.3 Å². The molecule has 0 bridgehead atoms. The molecule has 0 saturated carbocycles. The maximum atomic E-state index is 11.6. The zero-order valence-corrected chi connectivity index (χ0v) is 13.9. The van der Waals surface area contributed by atoms with Gasteiger partial charge in [0.05, 0.1) is 18.7 Å². The van der Waals surface area contributed by atoms with Crippen LogP contribution in [0, 0.1) is 11.3 Å². The Hall–Kier alpha value is -2.86. The average molecular weight is 350 g/mol. The van der Waals surface area contributed by atoms with Crippen LogP contribution < -0.4 is 20.9 Å². The number of methoxy groups -OCH3 is 1. The van der Waals surface area contributed by atoms with Gasteiger partial charge in [0.2, 0.25) is 0 Å². The van der Waals surface area contributed by atoms with E-state index in [1.165, 1.54) is 7.11 Å². The number of carbonyl (C=O) groups is 2. The second kappa shape index (κ2) is 10.8. The number of hydrogen-bond acceptors (Lipinski definition) is 6. The Morgan fingerprint density at radius 1 is 1.25 bits per heavy atom. The second-order valence-corrected chi connectivity index (χ2v) is 4.94. The average Bonchev–Trinajstić information content (AvgIpc) is 2.61. The van der Waals surface area contributed by atoms with Gasteiger partial charge in [0.25, 0.3) is 5.91 Å². The predicted molar refractivity (Wildman–Crippen MR) is 89.8 cm³/mol. The minimum Gasteiger partial charge on any atom is -0.484 e. The largest absolute Gasteiger partial charge is 0.484 e. The summed E-state index contributed by atoms with van der Waals surface area (Å²) < 4.78 is 9.77. The highest BCUT2D eigenvalue weighted by Gasteiger charge is 2.04. The molecule has 8 nitrogen and oxygen atoms in total. The van der Waals surface area contributed by atoms with Crippen LogP contribution in [0.5, 0.6) is 5.75 Å². The van der Waals surface area contributed by atoms with E-state index in [9.17, 15) is 9.59 Å². The van der Waals surface area contributed by atoms with E-state index in [1.54, 1.807) is 24.3 Å². The Morgan fingerprint density at radius 2 is 1.96 bits per heavy atom. The summed E-state index contributed by atoms with van der Waals surface area (Å²) in [5, 5.41) is 11.7. The number of hydrazine groups is 1. The molecule has 0 spiro atoms. The molecule has 0 aliphatic carbocycles. The van der Waals surface area contributed by atoms with Crippen molar-refractivity contribution in [3.63, 3.8) is 0 Å². The molecule has 128 valence electrons. The molecule has 24 heavy (non-hydrogen) atoms. The molecule has 0 saturated heterocycles. The Balaban J connectivity index is 2.15. The van der Waals surface area contributed by atoms with Crippen LogP contribution in [-0.4, -0.2) is 37.3 Å². The minimum absolute atomic E-state index is 0.205. The fraction of sp³-hybridized carbons (Fsp3) is 0.333. The van der Waals surface area contributed by atoms with Gasteiger partial charge in [-0.1, -0.05) is 0 Å². The van der Waals surface area contributed by atoms with Crippen molar-refractivity contribution in [2.24, 2.45) is 0 Å². The number of esters is 1. The lowest BCUT2D eigenvalue weighted by molar-refractivity contribution is -0.140. The van der Waals surface area contributed by atoms with Crippen molar-refractivity contribution in [1.29, 1.82) is 5.26 Å². The Labute approximate surface area is 145 Å². The number of nitrogens with one attached hydrogen (secondary N) is 3. The molecular formula is C15H18N4O4S. The predicted octanol–water partition coefficient (Wildman–Crippen LogP) is 0.386. The van der Waals surface area contributed by atoms with Gasteiger partial charge >= 0.3 is 5.97 Å². The second-order valence-electron chi connectivity index (χ2n) is 4.53. The summed E-state index contributed by atoms with van der Waals surface area (Å²) in [5.41, 5.74) is 5.41. The maximum Gasteiger partial charge on any atom is 0.305 e. The number of carbonyl (C=O) groups excluding carboxylic acids is 2. The van der Waals surface area contributed by atoms with Gasteiger partial charge in [-0.05, 0) is 42.9 Å². The number of ether oxygens (including phenoxy) is 2. The van der Waals surface area contributed by atoms with Crippen LogP contribution in [0.15, 0.2) is 24.3 Å². The zero-order valence-electron chi connectivity index (χ0n) is 13.1. The fourth-order valence-electron chi connectivity index (χ4n) is 1.52.